The molecule has 0 aliphatic heterocycles. The highest BCUT2D eigenvalue weighted by atomic mass is 35.5. The summed E-state index contributed by atoms with van der Waals surface area (Å²) < 4.78 is 0. The van der Waals surface area contributed by atoms with Gasteiger partial charge in [0.25, 0.3) is 5.91 Å². The average molecular weight is 258 g/mol. The second kappa shape index (κ2) is 4.89. The topological polar surface area (TPSA) is 79.5 Å². The number of nitrogens with two attached hydrogens (primary N) is 1. The highest BCUT2D eigenvalue weighted by Gasteiger charge is 2.27. The van der Waals surface area contributed by atoms with Gasteiger partial charge in [-0.2, -0.15) is 0 Å². The largest absolute Gasteiger partial charge is 0.394 e. The molecule has 1 heterocycles. The first-order valence-electron chi connectivity index (χ1n) is 5.10. The van der Waals surface area contributed by atoms with Crippen molar-refractivity contribution in [3.8, 4) is 0 Å². The number of hydrogen-bond acceptors (Lipinski definition) is 4. The van der Waals surface area contributed by atoms with Crippen molar-refractivity contribution in [2.24, 2.45) is 0 Å². The van der Waals surface area contributed by atoms with Gasteiger partial charge in [-0.05, 0) is 26.0 Å². The number of aliphatic hydroxyl groups excluding tert-OH is 1. The molecule has 0 spiro atoms. The number of hydrogen-bond donors (Lipinski definition) is 2. The smallest absolute Gasteiger partial charge is 0.254 e. The van der Waals surface area contributed by atoms with E-state index in [4.69, 9.17) is 17.3 Å². The third-order valence-electron chi connectivity index (χ3n) is 2.66. The zero-order valence-corrected chi connectivity index (χ0v) is 10.8. The number of carbonyl (C=O) groups is 1. The van der Waals surface area contributed by atoms with E-state index in [2.05, 4.69) is 4.98 Å². The van der Waals surface area contributed by atoms with Crippen LogP contribution in [0.4, 0.5) is 5.82 Å². The Morgan fingerprint density at radius 1 is 1.59 bits per heavy atom. The number of likely N-dealkylation sites (N-methyl/N-ethyl adjacent to an activating group) is 1. The zero-order chi connectivity index (χ0) is 13.2. The summed E-state index contributed by atoms with van der Waals surface area (Å²) in [6.07, 6.45) is 0. The van der Waals surface area contributed by atoms with Crippen LogP contribution in [0.3, 0.4) is 0 Å². The van der Waals surface area contributed by atoms with Gasteiger partial charge >= 0.3 is 0 Å². The molecule has 5 nitrogen and oxygen atoms in total. The fraction of sp³-hybridized carbons (Fsp3) is 0.455. The summed E-state index contributed by atoms with van der Waals surface area (Å²) in [7, 11) is 1.61. The van der Waals surface area contributed by atoms with Crippen LogP contribution in [-0.4, -0.2) is 40.1 Å². The summed E-state index contributed by atoms with van der Waals surface area (Å²) in [5.74, 6) is -0.0731. The molecule has 0 fully saturated rings. The molecule has 0 aromatic carbocycles. The Balaban J connectivity index is 3.04. The zero-order valence-electron chi connectivity index (χ0n) is 10.1. The van der Waals surface area contributed by atoms with E-state index in [0.717, 1.165) is 0 Å². The summed E-state index contributed by atoms with van der Waals surface area (Å²) in [4.78, 5) is 17.4. The number of halogens is 1. The van der Waals surface area contributed by atoms with Gasteiger partial charge in [-0.15, -0.1) is 0 Å². The number of rotatable bonds is 3. The molecule has 6 heteroatoms. The first kappa shape index (κ1) is 13.7. The highest BCUT2D eigenvalue weighted by Crippen LogP contribution is 2.18. The van der Waals surface area contributed by atoms with E-state index in [-0.39, 0.29) is 23.5 Å². The predicted octanol–water partition coefficient (Wildman–Crippen LogP) is 1.16. The maximum Gasteiger partial charge on any atom is 0.254 e. The lowest BCUT2D eigenvalue weighted by Gasteiger charge is -2.34. The molecule has 0 saturated carbocycles. The molecule has 17 heavy (non-hydrogen) atoms. The molecular weight excluding hydrogens is 242 g/mol. The minimum Gasteiger partial charge on any atom is -0.394 e. The molecule has 1 aromatic rings. The van der Waals surface area contributed by atoms with E-state index in [1.165, 1.54) is 17.0 Å². The van der Waals surface area contributed by atoms with Gasteiger partial charge in [-0.25, -0.2) is 4.98 Å². The lowest BCUT2D eigenvalue weighted by molar-refractivity contribution is 0.0473. The molecule has 0 unspecified atom stereocenters. The molecule has 0 aliphatic carbocycles. The van der Waals surface area contributed by atoms with Gasteiger partial charge in [-0.3, -0.25) is 4.79 Å². The summed E-state index contributed by atoms with van der Waals surface area (Å²) in [5, 5.41) is 9.38. The highest BCUT2D eigenvalue weighted by molar-refractivity contribution is 6.29. The van der Waals surface area contributed by atoms with Crippen molar-refractivity contribution in [2.45, 2.75) is 19.4 Å². The Hall–Kier alpha value is -1.33. The Kier molecular flexibility index (Phi) is 3.95. The molecule has 0 radical (unpaired) electrons. The van der Waals surface area contributed by atoms with E-state index in [0.29, 0.717) is 5.56 Å². The SMILES string of the molecule is CN(C(=O)c1cc(N)nc(Cl)c1)C(C)(C)CO. The van der Waals surface area contributed by atoms with Crippen molar-refractivity contribution in [1.29, 1.82) is 0 Å². The number of nitrogen functional groups attached to an aromatic ring is 1. The Labute approximate surface area is 105 Å². The van der Waals surface area contributed by atoms with Crippen LogP contribution in [0.25, 0.3) is 0 Å². The second-order valence-corrected chi connectivity index (χ2v) is 4.83. The van der Waals surface area contributed by atoms with Crippen LogP contribution in [0, 0.1) is 0 Å². The van der Waals surface area contributed by atoms with Gasteiger partial charge < -0.3 is 15.7 Å². The van der Waals surface area contributed by atoms with Gasteiger partial charge in [-0.1, -0.05) is 11.6 Å². The van der Waals surface area contributed by atoms with Gasteiger partial charge in [0.1, 0.15) is 11.0 Å². The minimum absolute atomic E-state index is 0.135. The normalized spacial score (nSPS) is 11.4. The Morgan fingerprint density at radius 2 is 2.18 bits per heavy atom. The summed E-state index contributed by atoms with van der Waals surface area (Å²) in [6, 6.07) is 2.91. The fourth-order valence-corrected chi connectivity index (χ4v) is 1.43. The molecule has 0 atom stereocenters. The van der Waals surface area contributed by atoms with Crippen molar-refractivity contribution in [3.63, 3.8) is 0 Å². The van der Waals surface area contributed by atoms with E-state index in [1.807, 2.05) is 0 Å². The third-order valence-corrected chi connectivity index (χ3v) is 2.85. The molecule has 3 N–H and O–H groups in total. The molecule has 1 rings (SSSR count). The van der Waals surface area contributed by atoms with Gasteiger partial charge in [0.2, 0.25) is 0 Å². The standard InChI is InChI=1S/C11H16ClN3O2/c1-11(2,6-16)15(3)10(17)7-4-8(12)14-9(13)5-7/h4-5,16H,6H2,1-3H3,(H2,13,14). The average Bonchev–Trinajstić information content (AvgIpc) is 2.25. The third kappa shape index (κ3) is 3.08. The van der Waals surface area contributed by atoms with Crippen LogP contribution in [0.2, 0.25) is 5.15 Å². The number of carbonyl (C=O) groups excluding carboxylic acids is 1. The number of nitrogens with zero attached hydrogens (tertiary/aromatic N) is 2. The summed E-state index contributed by atoms with van der Waals surface area (Å²) in [6.45, 7) is 3.39. The van der Waals surface area contributed by atoms with Gasteiger partial charge in [0.05, 0.1) is 12.1 Å². The maximum absolute atomic E-state index is 12.1. The molecule has 0 aliphatic rings. The monoisotopic (exact) mass is 257 g/mol. The summed E-state index contributed by atoms with van der Waals surface area (Å²) >= 11 is 5.74. The van der Waals surface area contributed by atoms with E-state index in [1.54, 1.807) is 20.9 Å². The van der Waals surface area contributed by atoms with Crippen LogP contribution < -0.4 is 5.73 Å². The number of anilines is 1. The Bertz CT molecular complexity index is 414. The van der Waals surface area contributed by atoms with Crippen molar-refractivity contribution in [1.82, 2.24) is 9.88 Å². The minimum atomic E-state index is -0.651. The van der Waals surface area contributed by atoms with Gasteiger partial charge in [0.15, 0.2) is 0 Å². The van der Waals surface area contributed by atoms with Gasteiger partial charge in [0, 0.05) is 12.6 Å². The summed E-state index contributed by atoms with van der Waals surface area (Å²) in [5.41, 5.74) is 5.23. The number of amides is 1. The van der Waals surface area contributed by atoms with Crippen molar-refractivity contribution < 1.29 is 9.90 Å². The first-order chi connectivity index (χ1) is 7.77. The first-order valence-corrected chi connectivity index (χ1v) is 5.48. The Morgan fingerprint density at radius 3 is 2.65 bits per heavy atom. The molecule has 0 bridgehead atoms. The number of pyridine rings is 1. The van der Waals surface area contributed by atoms with Crippen LogP contribution in [0.15, 0.2) is 12.1 Å². The number of aliphatic hydroxyl groups is 1. The molecule has 1 amide bonds. The van der Waals surface area contributed by atoms with Crippen LogP contribution >= 0.6 is 11.6 Å². The fourth-order valence-electron chi connectivity index (χ4n) is 1.22. The van der Waals surface area contributed by atoms with Crippen molar-refractivity contribution in [2.75, 3.05) is 19.4 Å². The molecule has 0 saturated heterocycles. The van der Waals surface area contributed by atoms with E-state index >= 15 is 0 Å². The van der Waals surface area contributed by atoms with Crippen molar-refractivity contribution in [3.05, 3.63) is 22.8 Å². The van der Waals surface area contributed by atoms with E-state index in [9.17, 15) is 9.90 Å². The van der Waals surface area contributed by atoms with Crippen molar-refractivity contribution >= 4 is 23.3 Å². The lowest BCUT2D eigenvalue weighted by Crippen LogP contribution is -2.47. The van der Waals surface area contributed by atoms with Crippen LogP contribution in [-0.2, 0) is 0 Å². The van der Waals surface area contributed by atoms with E-state index < -0.39 is 5.54 Å². The van der Waals surface area contributed by atoms with Crippen LogP contribution in [0.5, 0.6) is 0 Å². The second-order valence-electron chi connectivity index (χ2n) is 4.44. The predicted molar refractivity (Wildman–Crippen MR) is 66.9 cm³/mol. The number of aromatic nitrogens is 1. The van der Waals surface area contributed by atoms with Crippen LogP contribution in [0.1, 0.15) is 24.2 Å². The lowest BCUT2D eigenvalue weighted by atomic mass is 10.0. The maximum atomic E-state index is 12.1. The quantitative estimate of drug-likeness (QED) is 0.797. The molecule has 1 aromatic heterocycles. The molecule has 94 valence electrons. The molecular formula is C11H16ClN3O2.